The number of hydrogen-bond acceptors (Lipinski definition) is 4. The third-order valence-corrected chi connectivity index (χ3v) is 4.80. The largest absolute Gasteiger partial charge is 0.353 e. The van der Waals surface area contributed by atoms with Crippen molar-refractivity contribution in [1.29, 1.82) is 0 Å². The van der Waals surface area contributed by atoms with E-state index in [-0.39, 0.29) is 11.4 Å². The van der Waals surface area contributed by atoms with Crippen molar-refractivity contribution < 1.29 is 4.39 Å². The van der Waals surface area contributed by atoms with E-state index in [2.05, 4.69) is 25.3 Å². The maximum Gasteiger partial charge on any atom is 0.171 e. The van der Waals surface area contributed by atoms with E-state index in [1.165, 1.54) is 12.1 Å². The molecule has 2 atom stereocenters. The minimum Gasteiger partial charge on any atom is -0.353 e. The highest BCUT2D eigenvalue weighted by molar-refractivity contribution is 7.80. The first-order valence-electron chi connectivity index (χ1n) is 7.62. The topological polar surface area (TPSA) is 33.8 Å². The van der Waals surface area contributed by atoms with Gasteiger partial charge in [-0.2, -0.15) is 0 Å². The number of rotatable bonds is 2. The van der Waals surface area contributed by atoms with Crippen LogP contribution in [0.5, 0.6) is 0 Å². The number of nitrogens with one attached hydrogen (secondary N) is 2. The summed E-state index contributed by atoms with van der Waals surface area (Å²) in [4.78, 5) is 7.45. The van der Waals surface area contributed by atoms with E-state index in [0.29, 0.717) is 5.11 Å². The number of fused-ring (bicyclic) bond motifs is 1. The molecular weight excluding hydrogens is 301 g/mol. The zero-order chi connectivity index (χ0) is 15.2. The van der Waals surface area contributed by atoms with Crippen molar-refractivity contribution in [2.75, 3.05) is 51.4 Å². The molecule has 0 saturated carbocycles. The van der Waals surface area contributed by atoms with Crippen molar-refractivity contribution in [3.63, 3.8) is 0 Å². The lowest BCUT2D eigenvalue weighted by molar-refractivity contribution is -0.0235. The van der Waals surface area contributed by atoms with Crippen LogP contribution in [0.15, 0.2) is 24.3 Å². The van der Waals surface area contributed by atoms with Gasteiger partial charge in [-0.15, -0.1) is 0 Å². The Morgan fingerprint density at radius 3 is 2.23 bits per heavy atom. The number of nitrogens with zero attached hydrogens (tertiary/aromatic N) is 3. The van der Waals surface area contributed by atoms with Crippen LogP contribution in [0.1, 0.15) is 0 Å². The molecule has 0 spiro atoms. The van der Waals surface area contributed by atoms with Crippen LogP contribution in [0.3, 0.4) is 0 Å². The maximum absolute atomic E-state index is 13.0. The number of hydrogen-bond donors (Lipinski definition) is 2. The zero-order valence-corrected chi connectivity index (χ0v) is 13.2. The molecule has 4 aliphatic rings. The van der Waals surface area contributed by atoms with Crippen LogP contribution >= 0.6 is 12.2 Å². The van der Waals surface area contributed by atoms with Gasteiger partial charge in [-0.3, -0.25) is 14.7 Å². The summed E-state index contributed by atoms with van der Waals surface area (Å²) in [6, 6.07) is 6.27. The van der Waals surface area contributed by atoms with Gasteiger partial charge < -0.3 is 10.6 Å². The first kappa shape index (κ1) is 14.3. The van der Waals surface area contributed by atoms with Crippen LogP contribution in [0.4, 0.5) is 10.1 Å². The Morgan fingerprint density at radius 1 is 1.00 bits per heavy atom. The second-order valence-corrected chi connectivity index (χ2v) is 6.99. The monoisotopic (exact) mass is 321 g/mol. The fraction of sp³-hybridized carbons (Fsp3) is 0.533. The lowest BCUT2D eigenvalue weighted by Crippen LogP contribution is -2.73. The highest BCUT2D eigenvalue weighted by Crippen LogP contribution is 2.26. The minimum absolute atomic E-state index is 0.0168. The van der Waals surface area contributed by atoms with E-state index >= 15 is 0 Å². The Balaban J connectivity index is 1.46. The normalized spacial score (nSPS) is 36.0. The molecule has 1 aromatic carbocycles. The predicted octanol–water partition coefficient (Wildman–Crippen LogP) is 0.713. The van der Waals surface area contributed by atoms with Gasteiger partial charge in [0.25, 0.3) is 0 Å². The summed E-state index contributed by atoms with van der Waals surface area (Å²) in [5.74, 6) is -0.240. The second kappa shape index (κ2) is 5.42. The molecule has 2 N–H and O–H groups in total. The highest BCUT2D eigenvalue weighted by atomic mass is 32.1. The fourth-order valence-corrected chi connectivity index (χ4v) is 4.22. The highest BCUT2D eigenvalue weighted by Gasteiger charge is 2.46. The van der Waals surface area contributed by atoms with Crippen molar-refractivity contribution in [2.24, 2.45) is 0 Å². The van der Waals surface area contributed by atoms with E-state index in [0.717, 1.165) is 51.7 Å². The van der Waals surface area contributed by atoms with Crippen LogP contribution in [-0.4, -0.2) is 71.4 Å². The number of benzene rings is 1. The summed E-state index contributed by atoms with van der Waals surface area (Å²) < 4.78 is 13.0. The van der Waals surface area contributed by atoms with Gasteiger partial charge >= 0.3 is 0 Å². The number of thiocarbonyl (C=S) groups is 1. The molecule has 0 amide bonds. The third kappa shape index (κ3) is 2.81. The van der Waals surface area contributed by atoms with Crippen LogP contribution in [0.25, 0.3) is 0 Å². The molecule has 5 rings (SSSR count). The van der Waals surface area contributed by atoms with E-state index in [1.807, 2.05) is 0 Å². The molecule has 7 heteroatoms. The van der Waals surface area contributed by atoms with E-state index in [4.69, 9.17) is 12.2 Å². The van der Waals surface area contributed by atoms with Gasteiger partial charge in [-0.1, -0.05) is 0 Å². The van der Waals surface area contributed by atoms with E-state index < -0.39 is 0 Å². The lowest BCUT2D eigenvalue weighted by atomic mass is 9.94. The smallest absolute Gasteiger partial charge is 0.171 e. The molecule has 5 nitrogen and oxygen atoms in total. The first-order valence-corrected chi connectivity index (χ1v) is 8.03. The van der Waals surface area contributed by atoms with E-state index in [9.17, 15) is 4.39 Å². The lowest BCUT2D eigenvalue weighted by Gasteiger charge is -2.51. The standard InChI is InChI=1S/C15H20FN5S/c16-12-1-3-13(4-2-12)17-14(22)18-15-7-19-5-6-20(8-15)11-21(9-15)10-19/h1-4H,5-11H2,(H2,17,18,22). The Kier molecular flexibility index (Phi) is 3.53. The Bertz CT molecular complexity index is 562. The third-order valence-electron chi connectivity index (χ3n) is 4.59. The molecule has 4 bridgehead atoms. The van der Waals surface area contributed by atoms with Crippen LogP contribution in [0.2, 0.25) is 0 Å². The van der Waals surface area contributed by atoms with Gasteiger partial charge in [0.1, 0.15) is 5.82 Å². The number of anilines is 1. The van der Waals surface area contributed by atoms with Gasteiger partial charge in [0.2, 0.25) is 0 Å². The first-order chi connectivity index (χ1) is 10.6. The fourth-order valence-electron chi connectivity index (χ4n) is 3.88. The van der Waals surface area contributed by atoms with Gasteiger partial charge in [0.15, 0.2) is 5.11 Å². The molecule has 118 valence electrons. The second-order valence-electron chi connectivity index (χ2n) is 6.58. The van der Waals surface area contributed by atoms with Crippen molar-refractivity contribution >= 4 is 23.0 Å². The molecular formula is C15H20FN5S. The molecule has 4 aliphatic heterocycles. The van der Waals surface area contributed by atoms with E-state index in [1.54, 1.807) is 12.1 Å². The maximum atomic E-state index is 13.0. The summed E-state index contributed by atoms with van der Waals surface area (Å²) in [6.45, 7) is 7.41. The van der Waals surface area contributed by atoms with Gasteiger partial charge in [-0.05, 0) is 36.5 Å². The summed E-state index contributed by atoms with van der Waals surface area (Å²) in [5.41, 5.74) is 0.791. The molecule has 4 heterocycles. The van der Waals surface area contributed by atoms with Gasteiger partial charge in [0, 0.05) is 38.4 Å². The van der Waals surface area contributed by atoms with Crippen LogP contribution in [0, 0.1) is 5.82 Å². The van der Waals surface area contributed by atoms with Crippen molar-refractivity contribution in [3.8, 4) is 0 Å². The van der Waals surface area contributed by atoms with Crippen molar-refractivity contribution in [2.45, 2.75) is 5.54 Å². The van der Waals surface area contributed by atoms with Crippen molar-refractivity contribution in [1.82, 2.24) is 20.0 Å². The van der Waals surface area contributed by atoms with Gasteiger partial charge in [0.05, 0.1) is 18.9 Å². The Hall–Kier alpha value is -1.28. The van der Waals surface area contributed by atoms with Crippen LogP contribution < -0.4 is 10.6 Å². The average molecular weight is 321 g/mol. The number of halogens is 1. The molecule has 4 fully saturated rings. The van der Waals surface area contributed by atoms with Crippen LogP contribution in [-0.2, 0) is 0 Å². The summed E-state index contributed by atoms with van der Waals surface area (Å²) in [6.07, 6.45) is 0. The summed E-state index contributed by atoms with van der Waals surface area (Å²) >= 11 is 5.48. The minimum atomic E-state index is -0.240. The molecule has 0 aliphatic carbocycles. The zero-order valence-electron chi connectivity index (χ0n) is 12.4. The molecule has 0 radical (unpaired) electrons. The summed E-state index contributed by atoms with van der Waals surface area (Å²) in [7, 11) is 0. The van der Waals surface area contributed by atoms with Crippen molar-refractivity contribution in [3.05, 3.63) is 30.1 Å². The Labute approximate surface area is 135 Å². The average Bonchev–Trinajstić information content (AvgIpc) is 2.67. The molecule has 0 aromatic heterocycles. The summed E-state index contributed by atoms with van der Waals surface area (Å²) in [5, 5.41) is 7.30. The molecule has 1 aromatic rings. The Morgan fingerprint density at radius 2 is 1.59 bits per heavy atom. The SMILES string of the molecule is Fc1ccc(NC(=S)NC23CN4CCN(CN(C4)C2)C3)cc1. The molecule has 4 saturated heterocycles. The molecule has 2 unspecified atom stereocenters. The van der Waals surface area contributed by atoms with Gasteiger partial charge in [-0.25, -0.2) is 4.39 Å². The molecule has 22 heavy (non-hydrogen) atoms. The quantitative estimate of drug-likeness (QED) is 0.781. The predicted molar refractivity (Wildman–Crippen MR) is 88.1 cm³/mol.